The van der Waals surface area contributed by atoms with Crippen molar-refractivity contribution >= 4 is 23.2 Å². The number of nitrogens with one attached hydrogen (secondary N) is 1. The summed E-state index contributed by atoms with van der Waals surface area (Å²) in [6, 6.07) is 12.7. The number of halogens is 1. The van der Waals surface area contributed by atoms with Gasteiger partial charge >= 0.3 is 0 Å². The van der Waals surface area contributed by atoms with Crippen molar-refractivity contribution in [2.24, 2.45) is 5.73 Å². The van der Waals surface area contributed by atoms with E-state index >= 15 is 0 Å². The molecule has 0 unspecified atom stereocenters. The molecule has 21 heavy (non-hydrogen) atoms. The first-order valence-electron chi connectivity index (χ1n) is 6.56. The molecule has 0 fully saturated rings. The Labute approximate surface area is 128 Å². The predicted octanol–water partition coefficient (Wildman–Crippen LogP) is 3.12. The topological polar surface area (TPSA) is 64.3 Å². The number of carbonyl (C=O) groups excluding carboxylic acids is 1. The number of ether oxygens (including phenoxy) is 1. The lowest BCUT2D eigenvalue weighted by molar-refractivity contribution is -0.118. The zero-order valence-electron chi connectivity index (χ0n) is 11.7. The van der Waals surface area contributed by atoms with Crippen LogP contribution in [0, 0.1) is 6.92 Å². The first-order chi connectivity index (χ1) is 10.1. The highest BCUT2D eigenvalue weighted by Gasteiger charge is 2.06. The minimum atomic E-state index is -0.237. The molecule has 0 spiro atoms. The zero-order valence-corrected chi connectivity index (χ0v) is 12.5. The van der Waals surface area contributed by atoms with E-state index in [9.17, 15) is 4.79 Å². The van der Waals surface area contributed by atoms with Crippen molar-refractivity contribution < 1.29 is 9.53 Å². The first kappa shape index (κ1) is 15.4. The second kappa shape index (κ2) is 7.11. The molecule has 2 aromatic rings. The number of hydrogen-bond acceptors (Lipinski definition) is 3. The summed E-state index contributed by atoms with van der Waals surface area (Å²) in [7, 11) is 0. The fourth-order valence-electron chi connectivity index (χ4n) is 1.83. The highest BCUT2D eigenvalue weighted by molar-refractivity contribution is 6.31. The molecule has 0 heterocycles. The van der Waals surface area contributed by atoms with Crippen LogP contribution in [0.4, 0.5) is 5.69 Å². The SMILES string of the molecule is Cc1ccc(Cl)cc1NC(=O)COc1cccc(CN)c1. The van der Waals surface area contributed by atoms with Crippen LogP contribution in [0.25, 0.3) is 0 Å². The molecule has 1 amide bonds. The van der Waals surface area contributed by atoms with Crippen LogP contribution in [0.5, 0.6) is 5.75 Å². The van der Waals surface area contributed by atoms with Gasteiger partial charge in [0.25, 0.3) is 5.91 Å². The molecule has 3 N–H and O–H groups in total. The summed E-state index contributed by atoms with van der Waals surface area (Å²) in [5.41, 5.74) is 8.15. The quantitative estimate of drug-likeness (QED) is 0.892. The number of amides is 1. The third-order valence-corrected chi connectivity index (χ3v) is 3.21. The number of rotatable bonds is 5. The third-order valence-electron chi connectivity index (χ3n) is 2.98. The van der Waals surface area contributed by atoms with Crippen molar-refractivity contribution in [2.45, 2.75) is 13.5 Å². The molecule has 0 aliphatic carbocycles. The Hall–Kier alpha value is -2.04. The molecule has 4 nitrogen and oxygen atoms in total. The van der Waals surface area contributed by atoms with Crippen molar-refractivity contribution in [3.8, 4) is 5.75 Å². The minimum absolute atomic E-state index is 0.0695. The van der Waals surface area contributed by atoms with Gasteiger partial charge in [0.05, 0.1) is 0 Å². The van der Waals surface area contributed by atoms with Crippen molar-refractivity contribution in [3.05, 3.63) is 58.6 Å². The highest BCUT2D eigenvalue weighted by Crippen LogP contribution is 2.20. The average Bonchev–Trinajstić information content (AvgIpc) is 2.49. The molecule has 0 bridgehead atoms. The maximum Gasteiger partial charge on any atom is 0.262 e. The van der Waals surface area contributed by atoms with Crippen LogP contribution in [0.2, 0.25) is 5.02 Å². The van der Waals surface area contributed by atoms with E-state index in [4.69, 9.17) is 22.1 Å². The molecule has 0 saturated heterocycles. The summed E-state index contributed by atoms with van der Waals surface area (Å²) >= 11 is 5.91. The molecule has 0 aliphatic rings. The van der Waals surface area contributed by atoms with Gasteiger partial charge in [-0.1, -0.05) is 29.8 Å². The van der Waals surface area contributed by atoms with E-state index < -0.39 is 0 Å². The van der Waals surface area contributed by atoms with Gasteiger partial charge in [-0.2, -0.15) is 0 Å². The molecule has 0 aliphatic heterocycles. The van der Waals surface area contributed by atoms with Gasteiger partial charge in [-0.3, -0.25) is 4.79 Å². The summed E-state index contributed by atoms with van der Waals surface area (Å²) in [6.07, 6.45) is 0. The summed E-state index contributed by atoms with van der Waals surface area (Å²) in [5.74, 6) is 0.384. The number of hydrogen-bond donors (Lipinski definition) is 2. The number of carbonyl (C=O) groups is 1. The van der Waals surface area contributed by atoms with Crippen molar-refractivity contribution in [1.29, 1.82) is 0 Å². The molecule has 5 heteroatoms. The van der Waals surface area contributed by atoms with Gasteiger partial charge in [0, 0.05) is 17.3 Å². The normalized spacial score (nSPS) is 10.2. The van der Waals surface area contributed by atoms with Crippen LogP contribution in [0.1, 0.15) is 11.1 Å². The van der Waals surface area contributed by atoms with Crippen molar-refractivity contribution in [3.63, 3.8) is 0 Å². The summed E-state index contributed by atoms with van der Waals surface area (Å²) in [5, 5.41) is 3.35. The summed E-state index contributed by atoms with van der Waals surface area (Å²) in [4.78, 5) is 11.9. The van der Waals surface area contributed by atoms with E-state index in [0.29, 0.717) is 23.0 Å². The first-order valence-corrected chi connectivity index (χ1v) is 6.94. The van der Waals surface area contributed by atoms with E-state index in [1.165, 1.54) is 0 Å². The van der Waals surface area contributed by atoms with Gasteiger partial charge in [0.2, 0.25) is 0 Å². The van der Waals surface area contributed by atoms with Crippen LogP contribution in [-0.4, -0.2) is 12.5 Å². The molecule has 0 aromatic heterocycles. The minimum Gasteiger partial charge on any atom is -0.484 e. The molecule has 2 aromatic carbocycles. The summed E-state index contributed by atoms with van der Waals surface area (Å²) in [6.45, 7) is 2.27. The Balaban J connectivity index is 1.94. The molecule has 2 rings (SSSR count). The van der Waals surface area contributed by atoms with Gasteiger partial charge in [0.15, 0.2) is 6.61 Å². The van der Waals surface area contributed by atoms with E-state index in [1.54, 1.807) is 18.2 Å². The zero-order chi connectivity index (χ0) is 15.2. The van der Waals surface area contributed by atoms with Crippen LogP contribution >= 0.6 is 11.6 Å². The fraction of sp³-hybridized carbons (Fsp3) is 0.188. The average molecular weight is 305 g/mol. The van der Waals surface area contributed by atoms with Gasteiger partial charge in [-0.05, 0) is 42.3 Å². The van der Waals surface area contributed by atoms with Crippen LogP contribution < -0.4 is 15.8 Å². The van der Waals surface area contributed by atoms with E-state index in [2.05, 4.69) is 5.32 Å². The van der Waals surface area contributed by atoms with E-state index in [-0.39, 0.29) is 12.5 Å². The van der Waals surface area contributed by atoms with Crippen LogP contribution in [0.15, 0.2) is 42.5 Å². The van der Waals surface area contributed by atoms with Crippen molar-refractivity contribution in [1.82, 2.24) is 0 Å². The van der Waals surface area contributed by atoms with Gasteiger partial charge in [-0.15, -0.1) is 0 Å². The summed E-state index contributed by atoms with van der Waals surface area (Å²) < 4.78 is 5.45. The maximum absolute atomic E-state index is 11.9. The lowest BCUT2D eigenvalue weighted by atomic mass is 10.2. The van der Waals surface area contributed by atoms with Crippen LogP contribution in [-0.2, 0) is 11.3 Å². The Morgan fingerprint density at radius 1 is 1.29 bits per heavy atom. The lowest BCUT2D eigenvalue weighted by Gasteiger charge is -2.10. The Morgan fingerprint density at radius 3 is 2.86 bits per heavy atom. The van der Waals surface area contributed by atoms with Gasteiger partial charge in [0.1, 0.15) is 5.75 Å². The second-order valence-corrected chi connectivity index (χ2v) is 5.08. The molecular weight excluding hydrogens is 288 g/mol. The predicted molar refractivity (Wildman–Crippen MR) is 84.6 cm³/mol. The third kappa shape index (κ3) is 4.48. The fourth-order valence-corrected chi connectivity index (χ4v) is 2.00. The monoisotopic (exact) mass is 304 g/mol. The number of nitrogens with two attached hydrogens (primary N) is 1. The smallest absolute Gasteiger partial charge is 0.262 e. The Morgan fingerprint density at radius 2 is 2.10 bits per heavy atom. The number of anilines is 1. The van der Waals surface area contributed by atoms with Gasteiger partial charge < -0.3 is 15.8 Å². The van der Waals surface area contributed by atoms with Crippen molar-refractivity contribution in [2.75, 3.05) is 11.9 Å². The molecule has 0 radical (unpaired) electrons. The van der Waals surface area contributed by atoms with E-state index in [1.807, 2.05) is 31.2 Å². The second-order valence-electron chi connectivity index (χ2n) is 4.65. The largest absolute Gasteiger partial charge is 0.484 e. The molecule has 110 valence electrons. The Kier molecular flexibility index (Phi) is 5.20. The molecular formula is C16H17ClN2O2. The lowest BCUT2D eigenvalue weighted by Crippen LogP contribution is -2.20. The number of aryl methyl sites for hydroxylation is 1. The highest BCUT2D eigenvalue weighted by atomic mass is 35.5. The number of benzene rings is 2. The standard InChI is InChI=1S/C16H17ClN2O2/c1-11-5-6-13(17)8-15(11)19-16(20)10-21-14-4-2-3-12(7-14)9-18/h2-8H,9-10,18H2,1H3,(H,19,20). The molecule has 0 saturated carbocycles. The molecule has 0 atom stereocenters. The maximum atomic E-state index is 11.9. The van der Waals surface area contributed by atoms with Crippen LogP contribution in [0.3, 0.4) is 0 Å². The van der Waals surface area contributed by atoms with Gasteiger partial charge in [-0.25, -0.2) is 0 Å². The van der Waals surface area contributed by atoms with E-state index in [0.717, 1.165) is 11.1 Å². The Bertz CT molecular complexity index is 644.